The molecule has 0 aliphatic heterocycles. The van der Waals surface area contributed by atoms with E-state index in [-0.39, 0.29) is 11.8 Å². The molecule has 0 spiro atoms. The molecule has 0 radical (unpaired) electrons. The molecule has 0 saturated heterocycles. The third kappa shape index (κ3) is 2.85. The summed E-state index contributed by atoms with van der Waals surface area (Å²) in [6.07, 6.45) is 0. The second-order valence-electron chi connectivity index (χ2n) is 3.63. The predicted molar refractivity (Wildman–Crippen MR) is 66.0 cm³/mol. The monoisotopic (exact) mass is 250 g/mol. The minimum Gasteiger partial charge on any atom is -0.338 e. The van der Waals surface area contributed by atoms with E-state index in [1.807, 2.05) is 31.2 Å². The Bertz CT molecular complexity index is 537. The van der Waals surface area contributed by atoms with Crippen LogP contribution in [0.25, 0.3) is 11.3 Å². The Hall–Kier alpha value is -1.81. The first-order valence-electron chi connectivity index (χ1n) is 5.08. The molecule has 1 aromatic carbocycles. The van der Waals surface area contributed by atoms with Crippen LogP contribution in [0.1, 0.15) is 5.56 Å². The van der Waals surface area contributed by atoms with Crippen molar-refractivity contribution >= 4 is 23.4 Å². The summed E-state index contributed by atoms with van der Waals surface area (Å²) in [5, 5.41) is 6.38. The number of hydrogen-bond donors (Lipinski definition) is 1. The maximum Gasteiger partial charge on any atom is 0.241 e. The molecule has 0 saturated carbocycles. The van der Waals surface area contributed by atoms with Crippen molar-refractivity contribution in [1.29, 1.82) is 0 Å². The van der Waals surface area contributed by atoms with E-state index >= 15 is 0 Å². The smallest absolute Gasteiger partial charge is 0.241 e. The van der Waals surface area contributed by atoms with Crippen LogP contribution in [-0.4, -0.2) is 16.9 Å². The van der Waals surface area contributed by atoms with Gasteiger partial charge >= 0.3 is 0 Å². The minimum absolute atomic E-state index is 0.111. The van der Waals surface area contributed by atoms with Crippen LogP contribution in [0.3, 0.4) is 0 Å². The summed E-state index contributed by atoms with van der Waals surface area (Å²) in [6.45, 7) is 2.00. The number of rotatable bonds is 3. The molecule has 2 rings (SSSR count). The SMILES string of the molecule is Cc1cccc(-c2cc(NC(=O)CCl)on2)c1. The summed E-state index contributed by atoms with van der Waals surface area (Å²) in [5.41, 5.74) is 2.76. The zero-order chi connectivity index (χ0) is 12.3. The van der Waals surface area contributed by atoms with Crippen LogP contribution in [0.2, 0.25) is 0 Å². The maximum atomic E-state index is 11.1. The van der Waals surface area contributed by atoms with E-state index in [0.717, 1.165) is 11.1 Å². The van der Waals surface area contributed by atoms with E-state index in [2.05, 4.69) is 10.5 Å². The molecule has 1 N–H and O–H groups in total. The molecule has 1 amide bonds. The number of nitrogens with one attached hydrogen (secondary N) is 1. The van der Waals surface area contributed by atoms with Crippen molar-refractivity contribution in [1.82, 2.24) is 5.16 Å². The van der Waals surface area contributed by atoms with Crippen molar-refractivity contribution in [3.05, 3.63) is 35.9 Å². The van der Waals surface area contributed by atoms with Gasteiger partial charge in [-0.2, -0.15) is 0 Å². The standard InChI is InChI=1S/C12H11ClN2O2/c1-8-3-2-4-9(5-8)10-6-12(17-15-10)14-11(16)7-13/h2-6H,7H2,1H3,(H,14,16). The summed E-state index contributed by atoms with van der Waals surface area (Å²) in [5.74, 6) is -0.133. The molecule has 2 aromatic rings. The highest BCUT2D eigenvalue weighted by molar-refractivity contribution is 6.28. The van der Waals surface area contributed by atoms with Gasteiger partial charge in [-0.05, 0) is 13.0 Å². The lowest BCUT2D eigenvalue weighted by Crippen LogP contribution is -2.11. The fourth-order valence-electron chi connectivity index (χ4n) is 1.45. The van der Waals surface area contributed by atoms with Crippen LogP contribution >= 0.6 is 11.6 Å². The number of halogens is 1. The molecular weight excluding hydrogens is 240 g/mol. The third-order valence-electron chi connectivity index (χ3n) is 2.21. The number of amides is 1. The summed E-state index contributed by atoms with van der Waals surface area (Å²) >= 11 is 5.37. The first-order chi connectivity index (χ1) is 8.19. The van der Waals surface area contributed by atoms with Crippen LogP contribution in [0.4, 0.5) is 5.88 Å². The van der Waals surface area contributed by atoms with Gasteiger partial charge in [0.1, 0.15) is 11.6 Å². The van der Waals surface area contributed by atoms with E-state index in [0.29, 0.717) is 11.6 Å². The maximum absolute atomic E-state index is 11.1. The van der Waals surface area contributed by atoms with Crippen molar-refractivity contribution < 1.29 is 9.32 Å². The highest BCUT2D eigenvalue weighted by Gasteiger charge is 2.08. The van der Waals surface area contributed by atoms with Gasteiger partial charge in [-0.25, -0.2) is 0 Å². The second-order valence-corrected chi connectivity index (χ2v) is 3.89. The van der Waals surface area contributed by atoms with Gasteiger partial charge in [-0.1, -0.05) is 28.9 Å². The number of aryl methyl sites for hydroxylation is 1. The molecule has 5 heteroatoms. The van der Waals surface area contributed by atoms with Crippen molar-refractivity contribution in [2.45, 2.75) is 6.92 Å². The van der Waals surface area contributed by atoms with Crippen molar-refractivity contribution in [2.24, 2.45) is 0 Å². The average molecular weight is 251 g/mol. The average Bonchev–Trinajstić information content (AvgIpc) is 2.77. The molecule has 0 fully saturated rings. The Labute approximate surface area is 104 Å². The van der Waals surface area contributed by atoms with E-state index in [4.69, 9.17) is 16.1 Å². The molecule has 0 bridgehead atoms. The molecule has 4 nitrogen and oxygen atoms in total. The van der Waals surface area contributed by atoms with Crippen LogP contribution in [0, 0.1) is 6.92 Å². The molecule has 0 atom stereocenters. The number of nitrogens with zero attached hydrogens (tertiary/aromatic N) is 1. The normalized spacial score (nSPS) is 10.2. The van der Waals surface area contributed by atoms with E-state index in [1.165, 1.54) is 0 Å². The summed E-state index contributed by atoms with van der Waals surface area (Å²) in [6, 6.07) is 9.53. The Balaban J connectivity index is 2.21. The van der Waals surface area contributed by atoms with Gasteiger partial charge in [-0.15, -0.1) is 11.6 Å². The molecule has 17 heavy (non-hydrogen) atoms. The van der Waals surface area contributed by atoms with Crippen molar-refractivity contribution in [3.8, 4) is 11.3 Å². The number of alkyl halides is 1. The highest BCUT2D eigenvalue weighted by Crippen LogP contribution is 2.22. The van der Waals surface area contributed by atoms with Gasteiger partial charge in [0.2, 0.25) is 11.8 Å². The Morgan fingerprint density at radius 1 is 1.47 bits per heavy atom. The van der Waals surface area contributed by atoms with Gasteiger partial charge in [-0.3, -0.25) is 10.1 Å². The largest absolute Gasteiger partial charge is 0.338 e. The number of anilines is 1. The zero-order valence-electron chi connectivity index (χ0n) is 9.24. The number of carbonyl (C=O) groups is 1. The summed E-state index contributed by atoms with van der Waals surface area (Å²) < 4.78 is 4.99. The van der Waals surface area contributed by atoms with Crippen molar-refractivity contribution in [2.75, 3.05) is 11.2 Å². The quantitative estimate of drug-likeness (QED) is 0.853. The van der Waals surface area contributed by atoms with Crippen LogP contribution in [-0.2, 0) is 4.79 Å². The van der Waals surface area contributed by atoms with Gasteiger partial charge < -0.3 is 4.52 Å². The Morgan fingerprint density at radius 3 is 3.00 bits per heavy atom. The molecule has 0 unspecified atom stereocenters. The predicted octanol–water partition coefficient (Wildman–Crippen LogP) is 2.83. The number of carbonyl (C=O) groups excluding carboxylic acids is 1. The highest BCUT2D eigenvalue weighted by atomic mass is 35.5. The first kappa shape index (κ1) is 11.7. The van der Waals surface area contributed by atoms with Crippen molar-refractivity contribution in [3.63, 3.8) is 0 Å². The van der Waals surface area contributed by atoms with Gasteiger partial charge in [0.15, 0.2) is 0 Å². The van der Waals surface area contributed by atoms with E-state index in [1.54, 1.807) is 6.07 Å². The third-order valence-corrected chi connectivity index (χ3v) is 2.45. The Morgan fingerprint density at radius 2 is 2.29 bits per heavy atom. The molecule has 1 heterocycles. The van der Waals surface area contributed by atoms with Crippen LogP contribution in [0.5, 0.6) is 0 Å². The zero-order valence-corrected chi connectivity index (χ0v) is 9.99. The van der Waals surface area contributed by atoms with Gasteiger partial charge in [0, 0.05) is 11.6 Å². The molecule has 88 valence electrons. The molecule has 1 aromatic heterocycles. The fourth-order valence-corrected chi connectivity index (χ4v) is 1.51. The van der Waals surface area contributed by atoms with E-state index < -0.39 is 0 Å². The topological polar surface area (TPSA) is 55.1 Å². The van der Waals surface area contributed by atoms with Crippen LogP contribution < -0.4 is 5.32 Å². The molecule has 0 aliphatic rings. The first-order valence-corrected chi connectivity index (χ1v) is 5.62. The van der Waals surface area contributed by atoms with Gasteiger partial charge in [0.25, 0.3) is 0 Å². The lowest BCUT2D eigenvalue weighted by molar-refractivity contribution is -0.114. The minimum atomic E-state index is -0.321. The van der Waals surface area contributed by atoms with Gasteiger partial charge in [0.05, 0.1) is 0 Å². The molecule has 0 aliphatic carbocycles. The Kier molecular flexibility index (Phi) is 3.44. The summed E-state index contributed by atoms with van der Waals surface area (Å²) in [4.78, 5) is 11.1. The van der Waals surface area contributed by atoms with Crippen LogP contribution in [0.15, 0.2) is 34.9 Å². The lowest BCUT2D eigenvalue weighted by atomic mass is 10.1. The summed E-state index contributed by atoms with van der Waals surface area (Å²) in [7, 11) is 0. The molecular formula is C12H11ClN2O2. The number of hydrogen-bond acceptors (Lipinski definition) is 3. The fraction of sp³-hybridized carbons (Fsp3) is 0.167. The number of benzene rings is 1. The lowest BCUT2D eigenvalue weighted by Gasteiger charge is -1.96. The number of aromatic nitrogens is 1. The second kappa shape index (κ2) is 5.01. The van der Waals surface area contributed by atoms with E-state index in [9.17, 15) is 4.79 Å².